The van der Waals surface area contributed by atoms with Gasteiger partial charge in [-0.1, -0.05) is 30.7 Å². The molecule has 1 N–H and O–H groups in total. The zero-order valence-electron chi connectivity index (χ0n) is 11.1. The Hall–Kier alpha value is -1.32. The summed E-state index contributed by atoms with van der Waals surface area (Å²) in [6.45, 7) is 4.44. The van der Waals surface area contributed by atoms with Crippen molar-refractivity contribution in [3.05, 3.63) is 47.5 Å². The number of aromatic nitrogens is 2. The number of piperidine rings is 1. The van der Waals surface area contributed by atoms with Crippen LogP contribution in [0.25, 0.3) is 5.69 Å². The van der Waals surface area contributed by atoms with Crippen LogP contribution in [0.4, 0.5) is 0 Å². The van der Waals surface area contributed by atoms with Gasteiger partial charge in [-0.15, -0.1) is 0 Å². The molecule has 0 radical (unpaired) electrons. The normalized spacial score (nSPS) is 18.4. The monoisotopic (exact) mass is 275 g/mol. The summed E-state index contributed by atoms with van der Waals surface area (Å²) >= 11 is 6.31. The van der Waals surface area contributed by atoms with E-state index < -0.39 is 0 Å². The molecule has 0 aliphatic carbocycles. The summed E-state index contributed by atoms with van der Waals surface area (Å²) in [7, 11) is 0. The summed E-state index contributed by atoms with van der Waals surface area (Å²) < 4.78 is 2.13. The molecule has 3 nitrogen and oxygen atoms in total. The van der Waals surface area contributed by atoms with Crippen molar-refractivity contribution in [3.8, 4) is 5.69 Å². The van der Waals surface area contributed by atoms with E-state index in [4.69, 9.17) is 11.6 Å². The van der Waals surface area contributed by atoms with Crippen molar-refractivity contribution in [2.24, 2.45) is 0 Å². The molecule has 0 unspecified atom stereocenters. The zero-order valence-corrected chi connectivity index (χ0v) is 11.8. The van der Waals surface area contributed by atoms with Crippen molar-refractivity contribution in [1.29, 1.82) is 0 Å². The second kappa shape index (κ2) is 4.99. The van der Waals surface area contributed by atoms with Crippen molar-refractivity contribution in [3.63, 3.8) is 0 Å². The van der Waals surface area contributed by atoms with E-state index in [0.717, 1.165) is 36.6 Å². The Balaban J connectivity index is 2.06. The van der Waals surface area contributed by atoms with Crippen molar-refractivity contribution in [2.75, 3.05) is 13.1 Å². The molecule has 0 bridgehead atoms. The fourth-order valence-corrected chi connectivity index (χ4v) is 3.04. The molecule has 0 atom stereocenters. The number of halogens is 1. The first-order valence-electron chi connectivity index (χ1n) is 6.69. The lowest BCUT2D eigenvalue weighted by molar-refractivity contribution is 0.324. The molecule has 1 fully saturated rings. The number of hydrogen-bond donors (Lipinski definition) is 1. The summed E-state index contributed by atoms with van der Waals surface area (Å²) in [5, 5.41) is 4.18. The molecular weight excluding hydrogens is 258 g/mol. The van der Waals surface area contributed by atoms with E-state index in [2.05, 4.69) is 21.8 Å². The average molecular weight is 276 g/mol. The second-order valence-corrected chi connectivity index (χ2v) is 5.82. The van der Waals surface area contributed by atoms with Crippen LogP contribution in [0.5, 0.6) is 0 Å². The summed E-state index contributed by atoms with van der Waals surface area (Å²) in [5.41, 5.74) is 2.43. The second-order valence-electron chi connectivity index (χ2n) is 5.41. The van der Waals surface area contributed by atoms with Gasteiger partial charge in [-0.05, 0) is 38.1 Å². The highest BCUT2D eigenvalue weighted by molar-refractivity contribution is 6.32. The number of nitrogens with zero attached hydrogens (tertiary/aromatic N) is 2. The maximum Gasteiger partial charge on any atom is 0.0994 e. The van der Waals surface area contributed by atoms with E-state index in [9.17, 15) is 0 Å². The van der Waals surface area contributed by atoms with Gasteiger partial charge in [0.1, 0.15) is 0 Å². The number of benzene rings is 1. The molecule has 1 aliphatic heterocycles. The highest BCUT2D eigenvalue weighted by atomic mass is 35.5. The molecule has 1 saturated heterocycles. The lowest BCUT2D eigenvalue weighted by Gasteiger charge is -2.34. The van der Waals surface area contributed by atoms with E-state index in [0.29, 0.717) is 0 Å². The van der Waals surface area contributed by atoms with Gasteiger partial charge in [0.15, 0.2) is 0 Å². The van der Waals surface area contributed by atoms with Crippen LogP contribution in [-0.2, 0) is 5.41 Å². The molecule has 0 amide bonds. The molecule has 3 rings (SSSR count). The van der Waals surface area contributed by atoms with Gasteiger partial charge < -0.3 is 9.88 Å². The molecule has 2 aromatic rings. The molecule has 1 aromatic heterocycles. The minimum absolute atomic E-state index is 0.168. The standard InChI is InChI=1S/C15H18ClN3/c1-15(6-8-17-9-7-15)14-10-18-11-19(14)13-5-3-2-4-12(13)16/h2-5,10-11,17H,6-9H2,1H3. The third-order valence-electron chi connectivity index (χ3n) is 4.08. The van der Waals surface area contributed by atoms with E-state index in [1.807, 2.05) is 36.8 Å². The Morgan fingerprint density at radius 3 is 2.74 bits per heavy atom. The summed E-state index contributed by atoms with van der Waals surface area (Å²) in [5.74, 6) is 0. The van der Waals surface area contributed by atoms with Crippen LogP contribution in [-0.4, -0.2) is 22.6 Å². The number of imidazole rings is 1. The van der Waals surface area contributed by atoms with Gasteiger partial charge in [-0.2, -0.15) is 0 Å². The molecule has 4 heteroatoms. The number of rotatable bonds is 2. The fraction of sp³-hybridized carbons (Fsp3) is 0.400. The molecule has 1 aromatic carbocycles. The predicted octanol–water partition coefficient (Wildman–Crippen LogP) is 3.17. The van der Waals surface area contributed by atoms with Crippen LogP contribution in [0.2, 0.25) is 5.02 Å². The first-order valence-corrected chi connectivity index (χ1v) is 7.07. The zero-order chi connectivity index (χ0) is 13.3. The van der Waals surface area contributed by atoms with Crippen molar-refractivity contribution < 1.29 is 0 Å². The maximum atomic E-state index is 6.31. The van der Waals surface area contributed by atoms with Gasteiger partial charge in [0, 0.05) is 17.3 Å². The van der Waals surface area contributed by atoms with Crippen LogP contribution in [0.3, 0.4) is 0 Å². The highest BCUT2D eigenvalue weighted by Gasteiger charge is 2.32. The Labute approximate surface area is 118 Å². The van der Waals surface area contributed by atoms with Crippen molar-refractivity contribution in [1.82, 2.24) is 14.9 Å². The Morgan fingerprint density at radius 1 is 1.26 bits per heavy atom. The first-order chi connectivity index (χ1) is 9.21. The SMILES string of the molecule is CC1(c2cncn2-c2ccccc2Cl)CCNCC1. The fourth-order valence-electron chi connectivity index (χ4n) is 2.82. The predicted molar refractivity (Wildman–Crippen MR) is 78.0 cm³/mol. The molecule has 19 heavy (non-hydrogen) atoms. The summed E-state index contributed by atoms with van der Waals surface area (Å²) in [6, 6.07) is 7.92. The molecule has 0 saturated carbocycles. The summed E-state index contributed by atoms with van der Waals surface area (Å²) in [6.07, 6.45) is 6.10. The van der Waals surface area contributed by atoms with Crippen molar-refractivity contribution >= 4 is 11.6 Å². The largest absolute Gasteiger partial charge is 0.317 e. The van der Waals surface area contributed by atoms with Crippen molar-refractivity contribution in [2.45, 2.75) is 25.2 Å². The molecule has 100 valence electrons. The topological polar surface area (TPSA) is 29.9 Å². The van der Waals surface area contributed by atoms with Crippen LogP contribution in [0.15, 0.2) is 36.8 Å². The number of para-hydroxylation sites is 1. The minimum atomic E-state index is 0.168. The van der Waals surface area contributed by atoms with Gasteiger partial charge >= 0.3 is 0 Å². The lowest BCUT2D eigenvalue weighted by atomic mass is 9.78. The lowest BCUT2D eigenvalue weighted by Crippen LogP contribution is -2.38. The van der Waals surface area contributed by atoms with Crippen LogP contribution < -0.4 is 5.32 Å². The Kier molecular flexibility index (Phi) is 3.33. The van der Waals surface area contributed by atoms with Gasteiger partial charge in [0.25, 0.3) is 0 Å². The van der Waals surface area contributed by atoms with Crippen LogP contribution >= 0.6 is 11.6 Å². The number of hydrogen-bond acceptors (Lipinski definition) is 2. The first kappa shape index (κ1) is 12.7. The third-order valence-corrected chi connectivity index (χ3v) is 4.40. The van der Waals surface area contributed by atoms with E-state index in [1.54, 1.807) is 0 Å². The molecule has 2 heterocycles. The summed E-state index contributed by atoms with van der Waals surface area (Å²) in [4.78, 5) is 4.34. The van der Waals surface area contributed by atoms with E-state index in [-0.39, 0.29) is 5.41 Å². The molecular formula is C15H18ClN3. The van der Waals surface area contributed by atoms with Crippen LogP contribution in [0.1, 0.15) is 25.5 Å². The van der Waals surface area contributed by atoms with E-state index >= 15 is 0 Å². The Bertz CT molecular complexity index is 570. The third kappa shape index (κ3) is 2.28. The van der Waals surface area contributed by atoms with Gasteiger partial charge in [-0.25, -0.2) is 4.98 Å². The van der Waals surface area contributed by atoms with Crippen LogP contribution in [0, 0.1) is 0 Å². The maximum absolute atomic E-state index is 6.31. The quantitative estimate of drug-likeness (QED) is 0.912. The Morgan fingerprint density at radius 2 is 2.00 bits per heavy atom. The average Bonchev–Trinajstić information content (AvgIpc) is 2.90. The van der Waals surface area contributed by atoms with Gasteiger partial charge in [-0.3, -0.25) is 0 Å². The highest BCUT2D eigenvalue weighted by Crippen LogP contribution is 2.35. The number of nitrogens with one attached hydrogen (secondary N) is 1. The van der Waals surface area contributed by atoms with E-state index in [1.165, 1.54) is 5.69 Å². The molecule has 0 spiro atoms. The van der Waals surface area contributed by atoms with Gasteiger partial charge in [0.05, 0.1) is 17.0 Å². The molecule has 1 aliphatic rings. The smallest absolute Gasteiger partial charge is 0.0994 e. The van der Waals surface area contributed by atoms with Gasteiger partial charge in [0.2, 0.25) is 0 Å². The minimum Gasteiger partial charge on any atom is -0.317 e.